The third-order valence-corrected chi connectivity index (χ3v) is 3.62. The van der Waals surface area contributed by atoms with Crippen molar-refractivity contribution in [1.29, 1.82) is 0 Å². The van der Waals surface area contributed by atoms with Gasteiger partial charge >= 0.3 is 0 Å². The van der Waals surface area contributed by atoms with Crippen molar-refractivity contribution < 1.29 is 17.4 Å². The quantitative estimate of drug-likeness (QED) is 0.535. The van der Waals surface area contributed by atoms with Gasteiger partial charge in [-0.3, -0.25) is 0 Å². The lowest BCUT2D eigenvalue weighted by Gasteiger charge is -2.10. The maximum atomic E-state index is 4.72. The third kappa shape index (κ3) is 4.91. The van der Waals surface area contributed by atoms with Gasteiger partial charge < -0.3 is 17.7 Å². The van der Waals surface area contributed by atoms with E-state index in [-0.39, 0.29) is 12.4 Å². The highest BCUT2D eigenvalue weighted by molar-refractivity contribution is 9.10. The number of anilines is 1. The number of aromatic amines is 1. The van der Waals surface area contributed by atoms with E-state index < -0.39 is 0 Å². The average molecular weight is 389 g/mol. The van der Waals surface area contributed by atoms with Crippen LogP contribution in [0.2, 0.25) is 0 Å². The molecule has 0 unspecified atom stereocenters. The molecular weight excluding hydrogens is 374 g/mol. The fraction of sp³-hybridized carbons (Fsp3) is 0. The molecule has 0 fully saturated rings. The first-order chi connectivity index (χ1) is 10.8. The Hall–Kier alpha value is -2.17. The first-order valence-electron chi connectivity index (χ1n) is 6.94. The summed E-state index contributed by atoms with van der Waals surface area (Å²) in [7, 11) is 0. The lowest BCUT2D eigenvalue weighted by molar-refractivity contribution is -0.377. The molecule has 0 aliphatic heterocycles. The molecule has 0 atom stereocenters. The maximum absolute atomic E-state index is 4.72. The number of nitrogens with zero attached hydrogens (tertiary/aromatic N) is 1. The lowest BCUT2D eigenvalue weighted by atomic mass is 10.2. The summed E-state index contributed by atoms with van der Waals surface area (Å²) in [6.45, 7) is 0. The molecule has 23 heavy (non-hydrogen) atoms. The second-order valence-electron chi connectivity index (χ2n) is 4.72. The van der Waals surface area contributed by atoms with Crippen molar-refractivity contribution in [3.8, 4) is 0 Å². The van der Waals surface area contributed by atoms with Crippen LogP contribution in [0.25, 0.3) is 0 Å². The molecule has 0 spiro atoms. The van der Waals surface area contributed by atoms with E-state index in [1.165, 1.54) is 0 Å². The summed E-state index contributed by atoms with van der Waals surface area (Å²) in [6.07, 6.45) is 3.72. The lowest BCUT2D eigenvalue weighted by Crippen LogP contribution is -3.00. The monoisotopic (exact) mass is 387 g/mol. The van der Waals surface area contributed by atoms with Gasteiger partial charge in [0.25, 0.3) is 0 Å². The van der Waals surface area contributed by atoms with Crippen LogP contribution in [0.15, 0.2) is 88.6 Å². The smallest absolute Gasteiger partial charge is 0.169 e. The largest absolute Gasteiger partial charge is 1.00 e. The zero-order chi connectivity index (χ0) is 15.2. The molecule has 0 amide bonds. The maximum Gasteiger partial charge on any atom is 0.169 e. The number of halogens is 2. The SMILES string of the molecule is Brc1ccc(NC(=Nc2cc[nH+]cc2)c2ccccc2)cc1.[Cl-]. The molecular formula is C18H15BrClN3. The van der Waals surface area contributed by atoms with Gasteiger partial charge in [-0.15, -0.1) is 0 Å². The molecule has 0 aliphatic carbocycles. The molecule has 3 aromatic rings. The molecule has 2 N–H and O–H groups in total. The summed E-state index contributed by atoms with van der Waals surface area (Å²) in [4.78, 5) is 7.73. The van der Waals surface area contributed by atoms with E-state index in [0.717, 1.165) is 27.2 Å². The fourth-order valence-corrected chi connectivity index (χ4v) is 2.28. The Morgan fingerprint density at radius 2 is 1.52 bits per heavy atom. The van der Waals surface area contributed by atoms with Crippen LogP contribution in [0.5, 0.6) is 0 Å². The van der Waals surface area contributed by atoms with Gasteiger partial charge in [-0.2, -0.15) is 0 Å². The van der Waals surface area contributed by atoms with Crippen LogP contribution in [0.4, 0.5) is 11.4 Å². The molecule has 3 rings (SSSR count). The van der Waals surface area contributed by atoms with Crippen LogP contribution < -0.4 is 22.7 Å². The number of aromatic nitrogens is 1. The van der Waals surface area contributed by atoms with Gasteiger partial charge in [0.15, 0.2) is 12.4 Å². The van der Waals surface area contributed by atoms with Crippen molar-refractivity contribution in [1.82, 2.24) is 0 Å². The van der Waals surface area contributed by atoms with Gasteiger partial charge in [-0.1, -0.05) is 46.3 Å². The van der Waals surface area contributed by atoms with Crippen molar-refractivity contribution in [2.24, 2.45) is 4.99 Å². The first kappa shape index (κ1) is 17.2. The Bertz CT molecular complexity index is 759. The molecule has 2 aromatic carbocycles. The Morgan fingerprint density at radius 1 is 0.870 bits per heavy atom. The van der Waals surface area contributed by atoms with Crippen molar-refractivity contribution in [3.05, 3.63) is 89.2 Å². The molecule has 1 heterocycles. The fourth-order valence-electron chi connectivity index (χ4n) is 2.01. The molecule has 0 radical (unpaired) electrons. The molecule has 0 saturated heterocycles. The van der Waals surface area contributed by atoms with Gasteiger partial charge in [0.05, 0.1) is 5.69 Å². The van der Waals surface area contributed by atoms with Crippen LogP contribution in [-0.2, 0) is 0 Å². The molecule has 1 aromatic heterocycles. The van der Waals surface area contributed by atoms with Gasteiger partial charge in [-0.25, -0.2) is 9.98 Å². The Labute approximate surface area is 150 Å². The minimum absolute atomic E-state index is 0. The van der Waals surface area contributed by atoms with Crippen LogP contribution >= 0.6 is 15.9 Å². The number of nitrogens with one attached hydrogen (secondary N) is 2. The van der Waals surface area contributed by atoms with Gasteiger partial charge in [0.1, 0.15) is 5.84 Å². The van der Waals surface area contributed by atoms with Crippen molar-refractivity contribution >= 4 is 33.1 Å². The van der Waals surface area contributed by atoms with E-state index >= 15 is 0 Å². The molecule has 0 bridgehead atoms. The number of pyridine rings is 1. The van der Waals surface area contributed by atoms with E-state index in [1.807, 2.05) is 79.1 Å². The van der Waals surface area contributed by atoms with E-state index in [9.17, 15) is 0 Å². The summed E-state index contributed by atoms with van der Waals surface area (Å²) in [5.74, 6) is 0.814. The van der Waals surface area contributed by atoms with Gasteiger partial charge in [0, 0.05) is 27.9 Å². The van der Waals surface area contributed by atoms with Crippen molar-refractivity contribution in [3.63, 3.8) is 0 Å². The number of H-pyrrole nitrogens is 1. The molecule has 116 valence electrons. The van der Waals surface area contributed by atoms with Crippen LogP contribution in [0.1, 0.15) is 5.56 Å². The zero-order valence-corrected chi connectivity index (χ0v) is 14.6. The predicted octanol–water partition coefficient (Wildman–Crippen LogP) is 1.46. The van der Waals surface area contributed by atoms with E-state index in [0.29, 0.717) is 0 Å². The molecule has 5 heteroatoms. The minimum atomic E-state index is 0. The Kier molecular flexibility index (Phi) is 6.32. The highest BCUT2D eigenvalue weighted by Gasteiger charge is 2.05. The Balaban J connectivity index is 0.00000192. The average Bonchev–Trinajstić information content (AvgIpc) is 2.58. The minimum Gasteiger partial charge on any atom is -1.00 e. The Morgan fingerprint density at radius 3 is 2.17 bits per heavy atom. The number of hydrogen-bond donors (Lipinski definition) is 1. The predicted molar refractivity (Wildman–Crippen MR) is 93.4 cm³/mol. The van der Waals surface area contributed by atoms with Crippen LogP contribution in [-0.4, -0.2) is 5.84 Å². The van der Waals surface area contributed by atoms with E-state index in [1.54, 1.807) is 0 Å². The second kappa shape index (κ2) is 8.46. The topological polar surface area (TPSA) is 38.5 Å². The summed E-state index contributed by atoms with van der Waals surface area (Å²) >= 11 is 3.45. The summed E-state index contributed by atoms with van der Waals surface area (Å²) in [6, 6.07) is 22.0. The molecule has 3 nitrogen and oxygen atoms in total. The van der Waals surface area contributed by atoms with Crippen molar-refractivity contribution in [2.45, 2.75) is 0 Å². The van der Waals surface area contributed by atoms with E-state index in [4.69, 9.17) is 4.99 Å². The number of aliphatic imine (C=N–C) groups is 1. The van der Waals surface area contributed by atoms with Crippen molar-refractivity contribution in [2.75, 3.05) is 5.32 Å². The molecule has 0 aliphatic rings. The van der Waals surface area contributed by atoms with E-state index in [2.05, 4.69) is 26.2 Å². The number of rotatable bonds is 3. The normalized spacial score (nSPS) is 10.7. The number of hydrogen-bond acceptors (Lipinski definition) is 1. The highest BCUT2D eigenvalue weighted by Crippen LogP contribution is 2.17. The number of benzene rings is 2. The third-order valence-electron chi connectivity index (χ3n) is 3.10. The summed E-state index contributed by atoms with van der Waals surface area (Å²) < 4.78 is 1.05. The summed E-state index contributed by atoms with van der Waals surface area (Å²) in [5, 5.41) is 3.39. The van der Waals surface area contributed by atoms with Gasteiger partial charge in [0.2, 0.25) is 0 Å². The highest BCUT2D eigenvalue weighted by atomic mass is 79.9. The van der Waals surface area contributed by atoms with Crippen LogP contribution in [0.3, 0.4) is 0 Å². The van der Waals surface area contributed by atoms with Gasteiger partial charge in [-0.05, 0) is 24.3 Å². The summed E-state index contributed by atoms with van der Waals surface area (Å²) in [5.41, 5.74) is 2.92. The number of amidine groups is 1. The first-order valence-corrected chi connectivity index (χ1v) is 7.73. The van der Waals surface area contributed by atoms with Crippen LogP contribution in [0, 0.1) is 0 Å². The molecule has 0 saturated carbocycles. The second-order valence-corrected chi connectivity index (χ2v) is 5.63. The zero-order valence-electron chi connectivity index (χ0n) is 12.2. The standard InChI is InChI=1S/C18H14BrN3.ClH/c19-15-6-8-16(9-7-15)21-18(14-4-2-1-3-5-14)22-17-10-12-20-13-11-17;/h1-13H,(H,20,21,22);1H.